The quantitative estimate of drug-likeness (QED) is 0.522. The highest BCUT2D eigenvalue weighted by Gasteiger charge is 2.29. The van der Waals surface area contributed by atoms with Crippen LogP contribution in [0.2, 0.25) is 0 Å². The lowest BCUT2D eigenvalue weighted by Gasteiger charge is -2.22. The van der Waals surface area contributed by atoms with Crippen molar-refractivity contribution in [2.24, 2.45) is 5.92 Å². The van der Waals surface area contributed by atoms with Crippen molar-refractivity contribution in [1.29, 1.82) is 0 Å². The van der Waals surface area contributed by atoms with Gasteiger partial charge in [-0.2, -0.15) is 4.72 Å². The zero-order valence-corrected chi connectivity index (χ0v) is 14.2. The van der Waals surface area contributed by atoms with Gasteiger partial charge < -0.3 is 4.42 Å². The molecule has 8 heteroatoms. The molecule has 2 atom stereocenters. The summed E-state index contributed by atoms with van der Waals surface area (Å²) in [7, 11) is -3.95. The fourth-order valence-electron chi connectivity index (χ4n) is 2.23. The lowest BCUT2D eigenvalue weighted by atomic mass is 10.00. The number of hydrogen-bond donors (Lipinski definition) is 3. The van der Waals surface area contributed by atoms with Gasteiger partial charge in [-0.05, 0) is 30.2 Å². The summed E-state index contributed by atoms with van der Waals surface area (Å²) in [5.74, 6) is -0.547. The van der Waals surface area contributed by atoms with Crippen LogP contribution < -0.4 is 10.2 Å². The van der Waals surface area contributed by atoms with Gasteiger partial charge in [-0.3, -0.25) is 10.0 Å². The molecule has 1 heterocycles. The first kappa shape index (κ1) is 18.2. The van der Waals surface area contributed by atoms with Gasteiger partial charge in [0.05, 0.1) is 11.2 Å². The van der Waals surface area contributed by atoms with E-state index in [0.29, 0.717) is 17.7 Å². The monoisotopic (exact) mass is 352 g/mol. The van der Waals surface area contributed by atoms with Gasteiger partial charge in [0.25, 0.3) is 5.91 Å². The SMILES string of the molecule is CC[C@H](C)[C@H](NS(=O)(=O)c1cccc(-c2ccco2)c1)C(=O)NO. The highest BCUT2D eigenvalue weighted by atomic mass is 32.2. The molecule has 0 aliphatic heterocycles. The van der Waals surface area contributed by atoms with Crippen LogP contribution in [0.4, 0.5) is 0 Å². The smallest absolute Gasteiger partial charge is 0.261 e. The van der Waals surface area contributed by atoms with Crippen LogP contribution in [0.25, 0.3) is 11.3 Å². The van der Waals surface area contributed by atoms with E-state index in [9.17, 15) is 13.2 Å². The van der Waals surface area contributed by atoms with Gasteiger partial charge in [0.2, 0.25) is 10.0 Å². The number of benzene rings is 1. The number of rotatable bonds is 7. The molecule has 0 aliphatic rings. The van der Waals surface area contributed by atoms with Gasteiger partial charge in [0.1, 0.15) is 11.8 Å². The highest BCUT2D eigenvalue weighted by Crippen LogP contribution is 2.23. The normalized spacial score (nSPS) is 14.1. The first-order valence-corrected chi connectivity index (χ1v) is 8.97. The Morgan fingerprint density at radius 3 is 2.62 bits per heavy atom. The average Bonchev–Trinajstić information content (AvgIpc) is 3.13. The number of nitrogens with one attached hydrogen (secondary N) is 2. The summed E-state index contributed by atoms with van der Waals surface area (Å²) in [4.78, 5) is 11.8. The largest absolute Gasteiger partial charge is 0.464 e. The molecule has 1 aromatic heterocycles. The van der Waals surface area contributed by atoms with Crippen LogP contribution in [0.5, 0.6) is 0 Å². The lowest BCUT2D eigenvalue weighted by molar-refractivity contribution is -0.132. The first-order chi connectivity index (χ1) is 11.4. The predicted octanol–water partition coefficient (Wildman–Crippen LogP) is 2.15. The molecule has 2 rings (SSSR count). The number of sulfonamides is 1. The minimum absolute atomic E-state index is 0.00967. The highest BCUT2D eigenvalue weighted by molar-refractivity contribution is 7.89. The summed E-state index contributed by atoms with van der Waals surface area (Å²) >= 11 is 0. The Labute approximate surface area is 140 Å². The fraction of sp³-hybridized carbons (Fsp3) is 0.312. The standard InChI is InChI=1S/C16H20N2O5S/c1-3-11(2)15(16(19)17-20)18-24(21,22)13-7-4-6-12(10-13)14-8-5-9-23-14/h4-11,15,18,20H,3H2,1-2H3,(H,17,19)/t11-,15-/m0/s1. The summed E-state index contributed by atoms with van der Waals surface area (Å²) in [6.45, 7) is 3.55. The number of amides is 1. The molecule has 24 heavy (non-hydrogen) atoms. The predicted molar refractivity (Wildman–Crippen MR) is 87.6 cm³/mol. The van der Waals surface area contributed by atoms with E-state index in [-0.39, 0.29) is 10.8 Å². The Morgan fingerprint density at radius 2 is 2.04 bits per heavy atom. The van der Waals surface area contributed by atoms with Crippen molar-refractivity contribution < 1.29 is 22.8 Å². The van der Waals surface area contributed by atoms with Crippen LogP contribution in [-0.4, -0.2) is 25.6 Å². The average molecular weight is 352 g/mol. The van der Waals surface area contributed by atoms with Gasteiger partial charge in [-0.15, -0.1) is 0 Å². The molecule has 0 spiro atoms. The van der Waals surface area contributed by atoms with Crippen molar-refractivity contribution >= 4 is 15.9 Å². The van der Waals surface area contributed by atoms with Crippen LogP contribution in [0.1, 0.15) is 20.3 Å². The fourth-order valence-corrected chi connectivity index (χ4v) is 3.58. The summed E-state index contributed by atoms with van der Waals surface area (Å²) in [6, 6.07) is 8.57. The maximum absolute atomic E-state index is 12.6. The molecule has 0 saturated heterocycles. The number of hydroxylamine groups is 1. The van der Waals surface area contributed by atoms with Crippen LogP contribution in [0.15, 0.2) is 52.0 Å². The maximum atomic E-state index is 12.6. The van der Waals surface area contributed by atoms with Gasteiger partial charge in [0, 0.05) is 5.56 Å². The molecular formula is C16H20N2O5S. The van der Waals surface area contributed by atoms with Crippen LogP contribution in [-0.2, 0) is 14.8 Å². The molecule has 0 bridgehead atoms. The van der Waals surface area contributed by atoms with E-state index >= 15 is 0 Å². The Kier molecular flexibility index (Phi) is 5.76. The van der Waals surface area contributed by atoms with Crippen molar-refractivity contribution in [3.63, 3.8) is 0 Å². The summed E-state index contributed by atoms with van der Waals surface area (Å²) in [6.07, 6.45) is 2.06. The third-order valence-corrected chi connectivity index (χ3v) is 5.28. The number of hydrogen-bond acceptors (Lipinski definition) is 5. The number of furan rings is 1. The Morgan fingerprint density at radius 1 is 1.29 bits per heavy atom. The van der Waals surface area contributed by atoms with Crippen LogP contribution >= 0.6 is 0 Å². The second-order valence-electron chi connectivity index (χ2n) is 5.47. The van der Waals surface area contributed by atoms with Gasteiger partial charge >= 0.3 is 0 Å². The van der Waals surface area contributed by atoms with Gasteiger partial charge in [0.15, 0.2) is 0 Å². The third-order valence-electron chi connectivity index (χ3n) is 3.84. The number of carbonyl (C=O) groups excluding carboxylic acids is 1. The number of carbonyl (C=O) groups is 1. The molecule has 1 amide bonds. The van der Waals surface area contributed by atoms with Gasteiger partial charge in [-0.1, -0.05) is 32.4 Å². The van der Waals surface area contributed by atoms with E-state index in [1.54, 1.807) is 31.2 Å². The second-order valence-corrected chi connectivity index (χ2v) is 7.18. The van der Waals surface area contributed by atoms with E-state index in [4.69, 9.17) is 9.62 Å². The Bertz CT molecular complexity index is 787. The summed E-state index contributed by atoms with van der Waals surface area (Å²) in [5, 5.41) is 8.84. The molecule has 0 aliphatic carbocycles. The Hall–Kier alpha value is -2.16. The summed E-state index contributed by atoms with van der Waals surface area (Å²) < 4.78 is 32.8. The van der Waals surface area contributed by atoms with Crippen molar-refractivity contribution in [1.82, 2.24) is 10.2 Å². The topological polar surface area (TPSA) is 109 Å². The van der Waals surface area contributed by atoms with E-state index in [2.05, 4.69) is 4.72 Å². The lowest BCUT2D eigenvalue weighted by Crippen LogP contribution is -2.49. The second kappa shape index (κ2) is 7.61. The third kappa shape index (κ3) is 4.02. The van der Waals surface area contributed by atoms with Crippen LogP contribution in [0, 0.1) is 5.92 Å². The summed E-state index contributed by atoms with van der Waals surface area (Å²) in [5.41, 5.74) is 2.11. The van der Waals surface area contributed by atoms with E-state index in [1.807, 2.05) is 6.92 Å². The van der Waals surface area contributed by atoms with E-state index in [0.717, 1.165) is 0 Å². The minimum Gasteiger partial charge on any atom is -0.464 e. The molecular weight excluding hydrogens is 332 g/mol. The van der Waals surface area contributed by atoms with Crippen molar-refractivity contribution in [2.45, 2.75) is 31.2 Å². The molecule has 2 aromatic rings. The van der Waals surface area contributed by atoms with E-state index < -0.39 is 22.0 Å². The first-order valence-electron chi connectivity index (χ1n) is 7.49. The van der Waals surface area contributed by atoms with Crippen molar-refractivity contribution in [3.05, 3.63) is 42.7 Å². The van der Waals surface area contributed by atoms with Crippen molar-refractivity contribution in [2.75, 3.05) is 0 Å². The maximum Gasteiger partial charge on any atom is 0.261 e. The molecule has 1 aromatic carbocycles. The molecule has 0 radical (unpaired) electrons. The Balaban J connectivity index is 2.32. The zero-order valence-electron chi connectivity index (χ0n) is 13.4. The minimum atomic E-state index is -3.95. The molecule has 0 saturated carbocycles. The molecule has 7 nitrogen and oxygen atoms in total. The molecule has 3 N–H and O–H groups in total. The van der Waals surface area contributed by atoms with E-state index in [1.165, 1.54) is 23.9 Å². The molecule has 0 unspecified atom stereocenters. The van der Waals surface area contributed by atoms with Crippen molar-refractivity contribution in [3.8, 4) is 11.3 Å². The molecule has 0 fully saturated rings. The molecule has 130 valence electrons. The van der Waals surface area contributed by atoms with Crippen LogP contribution in [0.3, 0.4) is 0 Å². The zero-order chi connectivity index (χ0) is 17.7. The van der Waals surface area contributed by atoms with Gasteiger partial charge in [-0.25, -0.2) is 13.9 Å².